The van der Waals surface area contributed by atoms with E-state index in [2.05, 4.69) is 10.6 Å². The molecule has 0 bridgehead atoms. The zero-order valence-electron chi connectivity index (χ0n) is 4.40. The molecule has 1 aliphatic rings. The van der Waals surface area contributed by atoms with Crippen molar-refractivity contribution in [3.63, 3.8) is 0 Å². The van der Waals surface area contributed by atoms with Gasteiger partial charge in [-0.15, -0.1) is 0 Å². The van der Waals surface area contributed by atoms with Crippen LogP contribution in [0.1, 0.15) is 0 Å². The highest BCUT2D eigenvalue weighted by atomic mass is 16.5. The molecule has 3 nitrogen and oxygen atoms in total. The Morgan fingerprint density at radius 2 is 2.71 bits per heavy atom. The highest BCUT2D eigenvalue weighted by Crippen LogP contribution is 1.86. The molecule has 0 spiro atoms. The van der Waals surface area contributed by atoms with Crippen LogP contribution in [0.2, 0.25) is 0 Å². The summed E-state index contributed by atoms with van der Waals surface area (Å²) in [5.41, 5.74) is 0. The lowest BCUT2D eigenvalue weighted by Crippen LogP contribution is -2.36. The summed E-state index contributed by atoms with van der Waals surface area (Å²) in [6.45, 7) is 1.47. The van der Waals surface area contributed by atoms with Crippen molar-refractivity contribution in [2.75, 3.05) is 20.4 Å². The standard InChI is InChI=1S/C4H10N2O/c1-5-4-2-7-3-6-4/h4-6H,2-3H2,1H3. The van der Waals surface area contributed by atoms with E-state index in [1.807, 2.05) is 7.05 Å². The van der Waals surface area contributed by atoms with E-state index >= 15 is 0 Å². The van der Waals surface area contributed by atoms with Crippen LogP contribution in [0.5, 0.6) is 0 Å². The van der Waals surface area contributed by atoms with Gasteiger partial charge >= 0.3 is 0 Å². The first kappa shape index (κ1) is 5.03. The topological polar surface area (TPSA) is 33.3 Å². The quantitative estimate of drug-likeness (QED) is 0.450. The first-order valence-electron chi connectivity index (χ1n) is 2.42. The van der Waals surface area contributed by atoms with E-state index in [0.717, 1.165) is 6.61 Å². The lowest BCUT2D eigenvalue weighted by Gasteiger charge is -2.02. The molecule has 7 heavy (non-hydrogen) atoms. The van der Waals surface area contributed by atoms with Crippen LogP contribution < -0.4 is 10.6 Å². The summed E-state index contributed by atoms with van der Waals surface area (Å²) in [5.74, 6) is 0. The van der Waals surface area contributed by atoms with Gasteiger partial charge in [-0.25, -0.2) is 0 Å². The summed E-state index contributed by atoms with van der Waals surface area (Å²) in [6.07, 6.45) is 0.375. The largest absolute Gasteiger partial charge is 0.363 e. The summed E-state index contributed by atoms with van der Waals surface area (Å²) in [5, 5.41) is 6.10. The second-order valence-electron chi connectivity index (χ2n) is 1.56. The molecular formula is C4H10N2O. The van der Waals surface area contributed by atoms with Gasteiger partial charge in [0.25, 0.3) is 0 Å². The fraction of sp³-hybridized carbons (Fsp3) is 1.00. The van der Waals surface area contributed by atoms with Crippen molar-refractivity contribution >= 4 is 0 Å². The number of hydrogen-bond donors (Lipinski definition) is 2. The van der Waals surface area contributed by atoms with E-state index in [9.17, 15) is 0 Å². The number of likely N-dealkylation sites (N-methyl/N-ethyl adjacent to an activating group) is 1. The lowest BCUT2D eigenvalue weighted by atomic mass is 10.6. The number of hydrogen-bond acceptors (Lipinski definition) is 3. The Bertz CT molecular complexity index is 51.7. The van der Waals surface area contributed by atoms with Gasteiger partial charge in [0, 0.05) is 0 Å². The van der Waals surface area contributed by atoms with Crippen LogP contribution in [-0.2, 0) is 4.74 Å². The maximum Gasteiger partial charge on any atom is 0.0979 e. The van der Waals surface area contributed by atoms with Gasteiger partial charge < -0.3 is 10.1 Å². The Hall–Kier alpha value is -0.120. The third kappa shape index (κ3) is 1.12. The maximum atomic E-state index is 4.97. The summed E-state index contributed by atoms with van der Waals surface area (Å²) in [7, 11) is 1.91. The van der Waals surface area contributed by atoms with Gasteiger partial charge in [0.05, 0.1) is 19.5 Å². The molecule has 2 N–H and O–H groups in total. The lowest BCUT2D eigenvalue weighted by molar-refractivity contribution is 0.187. The molecule has 1 heterocycles. The zero-order chi connectivity index (χ0) is 5.11. The molecule has 0 saturated carbocycles. The predicted octanol–water partition coefficient (Wildman–Crippen LogP) is -0.891. The summed E-state index contributed by atoms with van der Waals surface area (Å²) < 4.78 is 4.97. The van der Waals surface area contributed by atoms with Gasteiger partial charge in [0.2, 0.25) is 0 Å². The van der Waals surface area contributed by atoms with Gasteiger partial charge in [-0.1, -0.05) is 0 Å². The van der Waals surface area contributed by atoms with E-state index in [1.54, 1.807) is 0 Å². The third-order valence-corrected chi connectivity index (χ3v) is 1.06. The van der Waals surface area contributed by atoms with E-state index in [0.29, 0.717) is 12.9 Å². The van der Waals surface area contributed by atoms with Crippen molar-refractivity contribution in [1.82, 2.24) is 10.6 Å². The van der Waals surface area contributed by atoms with E-state index in [-0.39, 0.29) is 0 Å². The van der Waals surface area contributed by atoms with Gasteiger partial charge in [-0.05, 0) is 7.05 Å². The van der Waals surface area contributed by atoms with E-state index < -0.39 is 0 Å². The van der Waals surface area contributed by atoms with Crippen LogP contribution in [0.4, 0.5) is 0 Å². The summed E-state index contributed by atoms with van der Waals surface area (Å²) >= 11 is 0. The Morgan fingerprint density at radius 3 is 3.00 bits per heavy atom. The van der Waals surface area contributed by atoms with Crippen LogP contribution in [-0.4, -0.2) is 26.6 Å². The zero-order valence-corrected chi connectivity index (χ0v) is 4.40. The molecule has 0 aliphatic carbocycles. The molecule has 1 rings (SSSR count). The second kappa shape index (κ2) is 2.26. The van der Waals surface area contributed by atoms with Gasteiger partial charge in [0.15, 0.2) is 0 Å². The average molecular weight is 102 g/mol. The van der Waals surface area contributed by atoms with Crippen LogP contribution in [0.15, 0.2) is 0 Å². The molecule has 1 atom stereocenters. The fourth-order valence-corrected chi connectivity index (χ4v) is 0.581. The Labute approximate surface area is 43.0 Å². The van der Waals surface area contributed by atoms with Gasteiger partial charge in [-0.2, -0.15) is 0 Å². The molecule has 1 unspecified atom stereocenters. The second-order valence-corrected chi connectivity index (χ2v) is 1.56. The van der Waals surface area contributed by atoms with Crippen LogP contribution in [0.3, 0.4) is 0 Å². The number of ether oxygens (including phenoxy) is 1. The molecule has 42 valence electrons. The molecule has 0 aromatic heterocycles. The molecule has 1 fully saturated rings. The Balaban J connectivity index is 2.14. The average Bonchev–Trinajstić information content (AvgIpc) is 2.14. The van der Waals surface area contributed by atoms with E-state index in [4.69, 9.17) is 4.74 Å². The summed E-state index contributed by atoms with van der Waals surface area (Å²) in [6, 6.07) is 0. The van der Waals surface area contributed by atoms with E-state index in [1.165, 1.54) is 0 Å². The Kier molecular flexibility index (Phi) is 1.62. The van der Waals surface area contributed by atoms with Gasteiger partial charge in [-0.3, -0.25) is 5.32 Å². The van der Waals surface area contributed by atoms with Crippen molar-refractivity contribution in [3.8, 4) is 0 Å². The fourth-order valence-electron chi connectivity index (χ4n) is 0.581. The first-order chi connectivity index (χ1) is 3.43. The minimum Gasteiger partial charge on any atom is -0.363 e. The molecule has 0 aromatic rings. The predicted molar refractivity (Wildman–Crippen MR) is 26.8 cm³/mol. The molecule has 0 radical (unpaired) electrons. The monoisotopic (exact) mass is 102 g/mol. The molecule has 1 saturated heterocycles. The highest BCUT2D eigenvalue weighted by molar-refractivity contribution is 4.62. The summed E-state index contributed by atoms with van der Waals surface area (Å²) in [4.78, 5) is 0. The SMILES string of the molecule is CNC1COCN1. The molecule has 1 aliphatic heterocycles. The highest BCUT2D eigenvalue weighted by Gasteiger charge is 2.09. The number of nitrogens with one attached hydrogen (secondary N) is 2. The molecule has 0 aromatic carbocycles. The molecular weight excluding hydrogens is 92.1 g/mol. The van der Waals surface area contributed by atoms with Gasteiger partial charge in [0.1, 0.15) is 0 Å². The van der Waals surface area contributed by atoms with Crippen LogP contribution in [0.25, 0.3) is 0 Å². The molecule has 0 amide bonds. The normalized spacial score (nSPS) is 31.3. The first-order valence-corrected chi connectivity index (χ1v) is 2.42. The minimum absolute atomic E-state index is 0.375. The van der Waals surface area contributed by atoms with Crippen molar-refractivity contribution in [2.24, 2.45) is 0 Å². The smallest absolute Gasteiger partial charge is 0.0979 e. The van der Waals surface area contributed by atoms with Crippen molar-refractivity contribution in [1.29, 1.82) is 0 Å². The Morgan fingerprint density at radius 1 is 1.86 bits per heavy atom. The minimum atomic E-state index is 0.375. The van der Waals surface area contributed by atoms with Crippen molar-refractivity contribution in [3.05, 3.63) is 0 Å². The van der Waals surface area contributed by atoms with Crippen LogP contribution >= 0.6 is 0 Å². The molecule has 3 heteroatoms. The van der Waals surface area contributed by atoms with Crippen LogP contribution in [0, 0.1) is 0 Å². The number of rotatable bonds is 1. The maximum absolute atomic E-state index is 4.97. The van der Waals surface area contributed by atoms with Crippen molar-refractivity contribution < 1.29 is 4.74 Å². The third-order valence-electron chi connectivity index (χ3n) is 1.06. The van der Waals surface area contributed by atoms with Crippen molar-refractivity contribution in [2.45, 2.75) is 6.17 Å².